The highest BCUT2D eigenvalue weighted by Gasteiger charge is 2.30. The summed E-state index contributed by atoms with van der Waals surface area (Å²) in [6.07, 6.45) is 3.38. The van der Waals surface area contributed by atoms with E-state index in [0.717, 1.165) is 23.4 Å². The molecule has 1 aliphatic heterocycles. The van der Waals surface area contributed by atoms with E-state index in [1.54, 1.807) is 18.2 Å². The predicted octanol–water partition coefficient (Wildman–Crippen LogP) is 5.99. The molecule has 1 heterocycles. The van der Waals surface area contributed by atoms with Crippen molar-refractivity contribution in [3.63, 3.8) is 0 Å². The van der Waals surface area contributed by atoms with Gasteiger partial charge >= 0.3 is 0 Å². The average Bonchev–Trinajstić information content (AvgIpc) is 3.10. The van der Waals surface area contributed by atoms with E-state index in [1.165, 1.54) is 11.1 Å². The van der Waals surface area contributed by atoms with Gasteiger partial charge in [-0.2, -0.15) is 10.1 Å². The third-order valence-corrected chi connectivity index (χ3v) is 5.00. The Morgan fingerprint density at radius 3 is 2.45 bits per heavy atom. The Labute approximate surface area is 181 Å². The number of carbonyl (C=O) groups is 1. The third kappa shape index (κ3) is 4.56. The van der Waals surface area contributed by atoms with Gasteiger partial charge in [-0.05, 0) is 36.8 Å². The molecular weight excluding hydrogens is 391 g/mol. The Hall–Kier alpha value is -3.73. The molecule has 0 aliphatic carbocycles. The highest BCUT2D eigenvalue weighted by Crippen LogP contribution is 2.29. The molecule has 31 heavy (non-hydrogen) atoms. The van der Waals surface area contributed by atoms with E-state index >= 15 is 0 Å². The summed E-state index contributed by atoms with van der Waals surface area (Å²) < 4.78 is 19.9. The maximum absolute atomic E-state index is 14.0. The zero-order valence-corrected chi connectivity index (χ0v) is 17.3. The Morgan fingerprint density at radius 2 is 1.68 bits per heavy atom. The van der Waals surface area contributed by atoms with Crippen molar-refractivity contribution in [2.45, 2.75) is 26.4 Å². The highest BCUT2D eigenvalue weighted by molar-refractivity contribution is 6.32. The molecule has 0 bridgehead atoms. The standard InChI is InChI=1S/C26H23FN2O2/c1-2-10-24-22(26(30)29(28-24)21-13-4-3-5-14-21)17-19-11-7-9-16-25(19)31-18-20-12-6-8-15-23(20)27/h3-9,11-17H,2,10,18H2,1H3. The molecule has 0 atom stereocenters. The monoisotopic (exact) mass is 414 g/mol. The number of halogens is 1. The Balaban J connectivity index is 1.64. The second kappa shape index (κ2) is 9.39. The van der Waals surface area contributed by atoms with Gasteiger partial charge in [0.25, 0.3) is 5.91 Å². The van der Waals surface area contributed by atoms with Crippen LogP contribution < -0.4 is 9.75 Å². The van der Waals surface area contributed by atoms with Gasteiger partial charge in [0.1, 0.15) is 18.2 Å². The molecule has 5 heteroatoms. The first-order valence-corrected chi connectivity index (χ1v) is 10.3. The lowest BCUT2D eigenvalue weighted by atomic mass is 10.0. The second-order valence-electron chi connectivity index (χ2n) is 7.23. The molecule has 1 amide bonds. The number of rotatable bonds is 7. The van der Waals surface area contributed by atoms with Crippen LogP contribution in [0, 0.1) is 5.82 Å². The number of amides is 1. The number of anilines is 1. The summed E-state index contributed by atoms with van der Waals surface area (Å²) in [6.45, 7) is 2.16. The minimum atomic E-state index is -0.305. The molecule has 3 aromatic carbocycles. The number of hydrazone groups is 1. The zero-order valence-electron chi connectivity index (χ0n) is 17.3. The van der Waals surface area contributed by atoms with E-state index in [0.29, 0.717) is 23.3 Å². The van der Waals surface area contributed by atoms with E-state index < -0.39 is 0 Å². The normalized spacial score (nSPS) is 14.8. The molecule has 0 unspecified atom stereocenters. The fourth-order valence-electron chi connectivity index (χ4n) is 3.43. The van der Waals surface area contributed by atoms with E-state index in [9.17, 15) is 9.18 Å². The maximum Gasteiger partial charge on any atom is 0.280 e. The number of ether oxygens (including phenoxy) is 1. The van der Waals surface area contributed by atoms with Crippen molar-refractivity contribution >= 4 is 23.4 Å². The summed E-state index contributed by atoms with van der Waals surface area (Å²) in [4.78, 5) is 13.2. The Morgan fingerprint density at radius 1 is 0.968 bits per heavy atom. The quantitative estimate of drug-likeness (QED) is 0.446. The fraction of sp³-hybridized carbons (Fsp3) is 0.154. The smallest absolute Gasteiger partial charge is 0.280 e. The van der Waals surface area contributed by atoms with Gasteiger partial charge in [0.2, 0.25) is 0 Å². The molecule has 156 valence electrons. The summed E-state index contributed by atoms with van der Waals surface area (Å²) in [6, 6.07) is 23.4. The first kappa shape index (κ1) is 20.5. The van der Waals surface area contributed by atoms with Crippen LogP contribution in [0.4, 0.5) is 10.1 Å². The van der Waals surface area contributed by atoms with Crippen molar-refractivity contribution in [1.29, 1.82) is 0 Å². The van der Waals surface area contributed by atoms with E-state index in [1.807, 2.05) is 60.7 Å². The lowest BCUT2D eigenvalue weighted by Crippen LogP contribution is -2.21. The lowest BCUT2D eigenvalue weighted by Gasteiger charge is -2.12. The van der Waals surface area contributed by atoms with Crippen LogP contribution in [0.25, 0.3) is 6.08 Å². The molecule has 0 saturated carbocycles. The van der Waals surface area contributed by atoms with E-state index in [4.69, 9.17) is 4.74 Å². The van der Waals surface area contributed by atoms with Gasteiger partial charge in [0.15, 0.2) is 0 Å². The summed E-state index contributed by atoms with van der Waals surface area (Å²) in [7, 11) is 0. The first-order valence-electron chi connectivity index (χ1n) is 10.3. The van der Waals surface area contributed by atoms with Crippen LogP contribution >= 0.6 is 0 Å². The minimum absolute atomic E-state index is 0.104. The highest BCUT2D eigenvalue weighted by atomic mass is 19.1. The van der Waals surface area contributed by atoms with E-state index in [2.05, 4.69) is 12.0 Å². The second-order valence-corrected chi connectivity index (χ2v) is 7.23. The van der Waals surface area contributed by atoms with E-state index in [-0.39, 0.29) is 18.3 Å². The number of hydrogen-bond donors (Lipinski definition) is 0. The molecule has 0 spiro atoms. The SMILES string of the molecule is CCCC1=NN(c2ccccc2)C(=O)C1=Cc1ccccc1OCc1ccccc1F. The minimum Gasteiger partial charge on any atom is -0.488 e. The van der Waals surface area contributed by atoms with Crippen molar-refractivity contribution in [2.24, 2.45) is 5.10 Å². The molecule has 3 aromatic rings. The first-order chi connectivity index (χ1) is 15.2. The van der Waals surface area contributed by atoms with Gasteiger partial charge in [-0.3, -0.25) is 4.79 Å². The largest absolute Gasteiger partial charge is 0.488 e. The number of carbonyl (C=O) groups excluding carboxylic acids is 1. The Kier molecular flexibility index (Phi) is 6.22. The summed E-state index contributed by atoms with van der Waals surface area (Å²) in [5.74, 6) is 0.110. The molecule has 4 nitrogen and oxygen atoms in total. The number of para-hydroxylation sites is 2. The van der Waals surface area contributed by atoms with Gasteiger partial charge in [-0.15, -0.1) is 0 Å². The van der Waals surface area contributed by atoms with Gasteiger partial charge in [-0.1, -0.05) is 67.9 Å². The lowest BCUT2D eigenvalue weighted by molar-refractivity contribution is -0.114. The van der Waals surface area contributed by atoms with Crippen molar-refractivity contribution in [3.8, 4) is 5.75 Å². The van der Waals surface area contributed by atoms with Crippen molar-refractivity contribution in [1.82, 2.24) is 0 Å². The molecular formula is C26H23FN2O2. The van der Waals surface area contributed by atoms with Crippen LogP contribution in [-0.2, 0) is 11.4 Å². The van der Waals surface area contributed by atoms with Crippen LogP contribution in [0.2, 0.25) is 0 Å². The predicted molar refractivity (Wildman–Crippen MR) is 121 cm³/mol. The summed E-state index contributed by atoms with van der Waals surface area (Å²) in [5, 5.41) is 6.03. The van der Waals surface area contributed by atoms with Crippen LogP contribution in [-0.4, -0.2) is 11.6 Å². The molecule has 0 fully saturated rings. The molecule has 1 aliphatic rings. The topological polar surface area (TPSA) is 41.9 Å². The van der Waals surface area contributed by atoms with Gasteiger partial charge in [0.05, 0.1) is 17.0 Å². The zero-order chi connectivity index (χ0) is 21.6. The van der Waals surface area contributed by atoms with Crippen LogP contribution in [0.5, 0.6) is 5.75 Å². The number of hydrogen-bond acceptors (Lipinski definition) is 3. The third-order valence-electron chi connectivity index (χ3n) is 5.00. The molecule has 4 rings (SSSR count). The van der Waals surface area contributed by atoms with Crippen molar-refractivity contribution < 1.29 is 13.9 Å². The molecule has 0 saturated heterocycles. The Bertz CT molecular complexity index is 1140. The van der Waals surface area contributed by atoms with Crippen molar-refractivity contribution in [2.75, 3.05) is 5.01 Å². The molecule has 0 radical (unpaired) electrons. The van der Waals surface area contributed by atoms with Crippen LogP contribution in [0.15, 0.2) is 89.5 Å². The summed E-state index contributed by atoms with van der Waals surface area (Å²) >= 11 is 0. The average molecular weight is 414 g/mol. The number of benzene rings is 3. The van der Waals surface area contributed by atoms with Gasteiger partial charge in [0, 0.05) is 11.1 Å². The molecule has 0 aromatic heterocycles. The van der Waals surface area contributed by atoms with Crippen molar-refractivity contribution in [3.05, 3.63) is 101 Å². The van der Waals surface area contributed by atoms with Gasteiger partial charge < -0.3 is 4.74 Å². The number of nitrogens with zero attached hydrogens (tertiary/aromatic N) is 2. The molecule has 0 N–H and O–H groups in total. The summed E-state index contributed by atoms with van der Waals surface area (Å²) in [5.41, 5.74) is 3.26. The maximum atomic E-state index is 14.0. The fourth-order valence-corrected chi connectivity index (χ4v) is 3.43. The van der Waals surface area contributed by atoms with Crippen LogP contribution in [0.1, 0.15) is 30.9 Å². The van der Waals surface area contributed by atoms with Gasteiger partial charge in [-0.25, -0.2) is 4.39 Å². The van der Waals surface area contributed by atoms with Crippen LogP contribution in [0.3, 0.4) is 0 Å².